The molecule has 1 unspecified atom stereocenters. The summed E-state index contributed by atoms with van der Waals surface area (Å²) < 4.78 is 6.23. The molecule has 0 radical (unpaired) electrons. The predicted molar refractivity (Wildman–Crippen MR) is 176 cm³/mol. The summed E-state index contributed by atoms with van der Waals surface area (Å²) >= 11 is 0. The van der Waals surface area contributed by atoms with E-state index in [9.17, 15) is 4.79 Å². The molecule has 0 N–H and O–H groups in total. The highest BCUT2D eigenvalue weighted by Gasteiger charge is 2.31. The Labute approximate surface area is 253 Å². The van der Waals surface area contributed by atoms with E-state index < -0.39 is 0 Å². The molecule has 0 amide bonds. The van der Waals surface area contributed by atoms with Gasteiger partial charge >= 0.3 is 0 Å². The Balaban J connectivity index is 1.25. The molecule has 0 aromatic heterocycles. The molecular weight excluding hydrogens is 516 g/mol. The maximum Gasteiger partial charge on any atom is 0.161 e. The summed E-state index contributed by atoms with van der Waals surface area (Å²) in [6.07, 6.45) is 29.1. The Morgan fingerprint density at radius 3 is 2.67 bits per heavy atom. The zero-order valence-electron chi connectivity index (χ0n) is 25.7. The predicted octanol–water partition coefficient (Wildman–Crippen LogP) is 9.19. The van der Waals surface area contributed by atoms with E-state index >= 15 is 0 Å². The van der Waals surface area contributed by atoms with Crippen LogP contribution in [-0.2, 0) is 4.79 Å². The summed E-state index contributed by atoms with van der Waals surface area (Å²) in [6, 6.07) is 8.61. The lowest BCUT2D eigenvalue weighted by Gasteiger charge is -2.29. The number of benzene rings is 1. The number of ketones is 1. The Hall–Kier alpha value is -3.40. The van der Waals surface area contributed by atoms with Crippen LogP contribution in [0.2, 0.25) is 0 Å². The molecule has 2 aliphatic carbocycles. The third kappa shape index (κ3) is 8.56. The van der Waals surface area contributed by atoms with E-state index in [4.69, 9.17) is 4.74 Å². The van der Waals surface area contributed by atoms with Crippen LogP contribution in [0, 0.1) is 11.8 Å². The average molecular weight is 565 g/mol. The number of carbonyl (C=O) groups is 1. The second kappa shape index (κ2) is 15.2. The van der Waals surface area contributed by atoms with Crippen molar-refractivity contribution >= 4 is 17.6 Å². The molecule has 2 aliphatic heterocycles. The van der Waals surface area contributed by atoms with Crippen LogP contribution in [0.15, 0.2) is 94.3 Å². The van der Waals surface area contributed by atoms with Gasteiger partial charge in [0.1, 0.15) is 5.75 Å². The molecule has 0 bridgehead atoms. The minimum absolute atomic E-state index is 0.310. The average Bonchev–Trinajstić information content (AvgIpc) is 3.84. The molecule has 42 heavy (non-hydrogen) atoms. The number of carbonyl (C=O) groups excluding carboxylic acids is 1. The van der Waals surface area contributed by atoms with Gasteiger partial charge in [-0.2, -0.15) is 0 Å². The monoisotopic (exact) mass is 564 g/mol. The van der Waals surface area contributed by atoms with Gasteiger partial charge in [0, 0.05) is 37.1 Å². The van der Waals surface area contributed by atoms with Gasteiger partial charge in [-0.3, -0.25) is 9.79 Å². The summed E-state index contributed by atoms with van der Waals surface area (Å²) in [4.78, 5) is 19.6. The second-order valence-electron chi connectivity index (χ2n) is 12.3. The maximum atomic E-state index is 12.6. The van der Waals surface area contributed by atoms with Crippen molar-refractivity contribution in [3.05, 3.63) is 94.9 Å². The third-order valence-corrected chi connectivity index (χ3v) is 8.89. The molecule has 2 heterocycles. The van der Waals surface area contributed by atoms with Crippen LogP contribution in [0.25, 0.3) is 5.57 Å². The van der Waals surface area contributed by atoms with Gasteiger partial charge in [-0.05, 0) is 124 Å². The summed E-state index contributed by atoms with van der Waals surface area (Å²) in [5.74, 6) is 2.28. The summed E-state index contributed by atoms with van der Waals surface area (Å²) in [5.41, 5.74) is 7.53. The standard InChI is InChI=1S/C38H48N2O2/c1-3-8-30-12-14-31(15-13-30)28-42-36-20-18-32(19-21-36)35-9-4-5-23-39-24-22-37(29(2)27-35)40-25-6-10-33(11-7-26-40)38(41)34-16-17-34/h5,9-10,12,18-24,27,31,34H,3-4,6-8,11,13-17,25-26,28H2,1-2H3/b23-5+,29-27?,33-10-,35-9?,37-22-,39-24+. The van der Waals surface area contributed by atoms with Gasteiger partial charge in [-0.25, -0.2) is 0 Å². The number of rotatable bonds is 9. The first-order valence-corrected chi connectivity index (χ1v) is 16.3. The van der Waals surface area contributed by atoms with E-state index in [0.29, 0.717) is 17.6 Å². The van der Waals surface area contributed by atoms with Crippen molar-refractivity contribution in [1.82, 2.24) is 4.90 Å². The van der Waals surface area contributed by atoms with Gasteiger partial charge in [0.15, 0.2) is 5.78 Å². The summed E-state index contributed by atoms with van der Waals surface area (Å²) in [5, 5.41) is 0. The number of nitrogens with zero attached hydrogens (tertiary/aromatic N) is 2. The number of Topliss-reactive ketones (excluding diaryl/α,β-unsaturated/α-hetero) is 1. The van der Waals surface area contributed by atoms with Gasteiger partial charge < -0.3 is 9.64 Å². The Morgan fingerprint density at radius 2 is 1.90 bits per heavy atom. The van der Waals surface area contributed by atoms with Crippen molar-refractivity contribution in [2.75, 3.05) is 19.7 Å². The minimum Gasteiger partial charge on any atom is -0.493 e. The molecule has 0 spiro atoms. The van der Waals surface area contributed by atoms with E-state index in [2.05, 4.69) is 84.5 Å². The van der Waals surface area contributed by atoms with Crippen LogP contribution in [0.4, 0.5) is 0 Å². The number of aliphatic imine (C=N–C) groups is 1. The van der Waals surface area contributed by atoms with Crippen molar-refractivity contribution < 1.29 is 9.53 Å². The van der Waals surface area contributed by atoms with Crippen LogP contribution in [0.5, 0.6) is 5.75 Å². The molecule has 1 aromatic carbocycles. The molecule has 4 nitrogen and oxygen atoms in total. The van der Waals surface area contributed by atoms with E-state index in [-0.39, 0.29) is 0 Å². The Bertz CT molecular complexity index is 1300. The summed E-state index contributed by atoms with van der Waals surface area (Å²) in [6.45, 7) is 7.11. The van der Waals surface area contributed by atoms with E-state index in [1.165, 1.54) is 48.1 Å². The molecule has 4 aliphatic rings. The highest BCUT2D eigenvalue weighted by molar-refractivity contribution is 5.98. The van der Waals surface area contributed by atoms with Crippen molar-refractivity contribution in [3.63, 3.8) is 0 Å². The van der Waals surface area contributed by atoms with Crippen LogP contribution in [0.3, 0.4) is 0 Å². The van der Waals surface area contributed by atoms with Crippen LogP contribution in [0.1, 0.15) is 90.0 Å². The normalized spacial score (nSPS) is 26.0. The first-order valence-electron chi connectivity index (χ1n) is 16.3. The Kier molecular flexibility index (Phi) is 10.9. The minimum atomic E-state index is 0.310. The number of ether oxygens (including phenoxy) is 1. The molecule has 0 saturated heterocycles. The number of allylic oxidation sites excluding steroid dienone is 9. The van der Waals surface area contributed by atoms with E-state index in [0.717, 1.165) is 76.0 Å². The maximum absolute atomic E-state index is 12.6. The highest BCUT2D eigenvalue weighted by atomic mass is 16.5. The first kappa shape index (κ1) is 30.1. The fourth-order valence-electron chi connectivity index (χ4n) is 6.27. The molecule has 1 aromatic rings. The van der Waals surface area contributed by atoms with Gasteiger partial charge in [0.2, 0.25) is 0 Å². The van der Waals surface area contributed by atoms with E-state index in [1.54, 1.807) is 5.57 Å². The zero-order chi connectivity index (χ0) is 29.1. The molecule has 1 saturated carbocycles. The van der Waals surface area contributed by atoms with Crippen molar-refractivity contribution in [1.29, 1.82) is 0 Å². The van der Waals surface area contributed by atoms with E-state index in [1.807, 2.05) is 12.4 Å². The zero-order valence-corrected chi connectivity index (χ0v) is 25.7. The fourth-order valence-corrected chi connectivity index (χ4v) is 6.27. The first-order chi connectivity index (χ1) is 20.6. The fraction of sp³-hybridized carbons (Fsp3) is 0.474. The molecule has 222 valence electrons. The van der Waals surface area contributed by atoms with Crippen molar-refractivity contribution in [2.24, 2.45) is 16.8 Å². The quantitative estimate of drug-likeness (QED) is 0.281. The van der Waals surface area contributed by atoms with Gasteiger partial charge in [0.25, 0.3) is 0 Å². The molecular formula is C38H48N2O2. The van der Waals surface area contributed by atoms with Crippen LogP contribution in [-0.4, -0.2) is 36.6 Å². The van der Waals surface area contributed by atoms with Gasteiger partial charge in [0.05, 0.1) is 6.61 Å². The lowest BCUT2D eigenvalue weighted by molar-refractivity contribution is -0.116. The van der Waals surface area contributed by atoms with Gasteiger partial charge in [-0.15, -0.1) is 0 Å². The highest BCUT2D eigenvalue weighted by Crippen LogP contribution is 2.34. The molecule has 4 heteroatoms. The number of hydrogen-bond donors (Lipinski definition) is 0. The van der Waals surface area contributed by atoms with Gasteiger partial charge in [-0.1, -0.05) is 55.4 Å². The summed E-state index contributed by atoms with van der Waals surface area (Å²) in [7, 11) is 0. The molecule has 1 fully saturated rings. The number of hydrogen-bond acceptors (Lipinski definition) is 4. The van der Waals surface area contributed by atoms with Crippen LogP contribution < -0.4 is 4.74 Å². The largest absolute Gasteiger partial charge is 0.493 e. The lowest BCUT2D eigenvalue weighted by atomic mass is 9.88. The molecule has 1 atom stereocenters. The Morgan fingerprint density at radius 1 is 1.05 bits per heavy atom. The second-order valence-corrected chi connectivity index (χ2v) is 12.3. The molecule has 5 rings (SSSR count). The van der Waals surface area contributed by atoms with Crippen molar-refractivity contribution in [2.45, 2.75) is 84.5 Å². The SMILES string of the molecule is CCCC1=CCC(COc2ccc(C3=CC/C=C/N=C/C=C(\N4CC/C=C(\C(=O)C5CC5)CCC4)C(C)=C3)cc2)CC1. The van der Waals surface area contributed by atoms with Crippen LogP contribution >= 0.6 is 0 Å². The van der Waals surface area contributed by atoms with Crippen molar-refractivity contribution in [3.8, 4) is 5.75 Å². The lowest BCUT2D eigenvalue weighted by Crippen LogP contribution is -2.28. The third-order valence-electron chi connectivity index (χ3n) is 8.89. The topological polar surface area (TPSA) is 41.9 Å². The smallest absolute Gasteiger partial charge is 0.161 e.